The molecule has 1 aliphatic heterocycles. The van der Waals surface area contributed by atoms with Crippen LogP contribution in [0, 0.1) is 17.3 Å². The van der Waals surface area contributed by atoms with Crippen molar-refractivity contribution in [3.63, 3.8) is 0 Å². The monoisotopic (exact) mass is 403 g/mol. The van der Waals surface area contributed by atoms with E-state index in [1.165, 1.54) is 50.9 Å². The summed E-state index contributed by atoms with van der Waals surface area (Å²) in [5.41, 5.74) is 1.30. The molecule has 0 spiro atoms. The highest BCUT2D eigenvalue weighted by atomic mass is 16.3. The summed E-state index contributed by atoms with van der Waals surface area (Å²) in [6.45, 7) is 19.7. The number of aromatic nitrogens is 2. The lowest BCUT2D eigenvalue weighted by atomic mass is 9.67. The summed E-state index contributed by atoms with van der Waals surface area (Å²) >= 11 is 0. The van der Waals surface area contributed by atoms with E-state index in [4.69, 9.17) is 5.10 Å². The third kappa shape index (κ3) is 5.25. The van der Waals surface area contributed by atoms with Gasteiger partial charge in [-0.2, -0.15) is 5.10 Å². The van der Waals surface area contributed by atoms with Gasteiger partial charge < -0.3 is 10.0 Å². The first kappa shape index (κ1) is 22.8. The number of aliphatic hydroxyl groups is 1. The molecule has 0 bridgehead atoms. The highest BCUT2D eigenvalue weighted by Gasteiger charge is 2.40. The Bertz CT molecular complexity index is 655. The molecule has 4 nitrogen and oxygen atoms in total. The van der Waals surface area contributed by atoms with Crippen LogP contribution in [0.4, 0.5) is 0 Å². The van der Waals surface area contributed by atoms with Crippen LogP contribution < -0.4 is 0 Å². The van der Waals surface area contributed by atoms with E-state index in [2.05, 4.69) is 57.3 Å². The van der Waals surface area contributed by atoms with Crippen molar-refractivity contribution in [3.05, 3.63) is 18.0 Å². The van der Waals surface area contributed by atoms with E-state index in [1.807, 2.05) is 13.1 Å². The molecular formula is C25H45N3O. The Hall–Kier alpha value is -0.870. The first-order valence-corrected chi connectivity index (χ1v) is 11.9. The van der Waals surface area contributed by atoms with Gasteiger partial charge in [-0.15, -0.1) is 0 Å². The fraction of sp³-hybridized carbons (Fsp3) is 0.880. The van der Waals surface area contributed by atoms with Crippen molar-refractivity contribution in [2.24, 2.45) is 17.3 Å². The highest BCUT2D eigenvalue weighted by molar-refractivity contribution is 5.10. The van der Waals surface area contributed by atoms with E-state index >= 15 is 0 Å². The van der Waals surface area contributed by atoms with Gasteiger partial charge in [0.05, 0.1) is 17.3 Å². The second-order valence-corrected chi connectivity index (χ2v) is 11.8. The van der Waals surface area contributed by atoms with Crippen LogP contribution >= 0.6 is 0 Å². The molecule has 1 aromatic heterocycles. The lowest BCUT2D eigenvalue weighted by Gasteiger charge is -2.46. The van der Waals surface area contributed by atoms with Crippen molar-refractivity contribution >= 4 is 0 Å². The molecular weight excluding hydrogens is 358 g/mol. The summed E-state index contributed by atoms with van der Waals surface area (Å²) in [6.07, 6.45) is 11.1. The minimum atomic E-state index is -0.432. The molecule has 0 unspecified atom stereocenters. The van der Waals surface area contributed by atoms with Gasteiger partial charge in [-0.25, -0.2) is 0 Å². The van der Waals surface area contributed by atoms with Crippen LogP contribution in [0.25, 0.3) is 0 Å². The Labute approximate surface area is 179 Å². The standard InChI is InChI=1S/C25H45N3O/c1-19(2)20-16-26-28(17-20)24(5,6)22-10-14-27(15-11-22)18-23(3,4)21-8-12-25(7,29)13-9-21/h16-17,19,21-22,29H,8-15,18H2,1-7H3. The molecule has 3 rings (SSSR count). The maximum Gasteiger partial charge on any atom is 0.0620 e. The minimum Gasteiger partial charge on any atom is -0.390 e. The highest BCUT2D eigenvalue weighted by Crippen LogP contribution is 2.43. The van der Waals surface area contributed by atoms with Gasteiger partial charge in [0.15, 0.2) is 0 Å². The maximum absolute atomic E-state index is 10.3. The van der Waals surface area contributed by atoms with Crippen molar-refractivity contribution in [2.75, 3.05) is 19.6 Å². The number of piperidine rings is 1. The Morgan fingerprint density at radius 1 is 1.07 bits per heavy atom. The van der Waals surface area contributed by atoms with Gasteiger partial charge in [0.2, 0.25) is 0 Å². The number of hydrogen-bond donors (Lipinski definition) is 1. The Balaban J connectivity index is 1.54. The van der Waals surface area contributed by atoms with Gasteiger partial charge in [0, 0.05) is 12.7 Å². The third-order valence-electron chi connectivity index (χ3n) is 8.25. The van der Waals surface area contributed by atoms with Crippen LogP contribution in [0.1, 0.15) is 98.5 Å². The first-order valence-electron chi connectivity index (χ1n) is 11.9. The molecule has 1 saturated carbocycles. The molecule has 0 amide bonds. The zero-order valence-corrected chi connectivity index (χ0v) is 20.0. The molecule has 29 heavy (non-hydrogen) atoms. The summed E-state index contributed by atoms with van der Waals surface area (Å²) < 4.78 is 2.22. The van der Waals surface area contributed by atoms with Crippen LogP contribution in [-0.4, -0.2) is 45.0 Å². The number of nitrogens with zero attached hydrogens (tertiary/aromatic N) is 3. The van der Waals surface area contributed by atoms with E-state index in [-0.39, 0.29) is 5.54 Å². The number of rotatable bonds is 6. The van der Waals surface area contributed by atoms with Crippen LogP contribution in [0.5, 0.6) is 0 Å². The van der Waals surface area contributed by atoms with Gasteiger partial charge in [-0.05, 0) is 101 Å². The number of hydrogen-bond acceptors (Lipinski definition) is 3. The molecule has 0 aromatic carbocycles. The third-order valence-corrected chi connectivity index (χ3v) is 8.25. The molecule has 4 heteroatoms. The SMILES string of the molecule is CC(C)c1cnn(C(C)(C)C2CCN(CC(C)(C)C3CCC(C)(O)CC3)CC2)c1. The van der Waals surface area contributed by atoms with Gasteiger partial charge in [0.25, 0.3) is 0 Å². The van der Waals surface area contributed by atoms with Crippen LogP contribution in [0.2, 0.25) is 0 Å². The predicted octanol–water partition coefficient (Wildman–Crippen LogP) is 5.42. The van der Waals surface area contributed by atoms with Crippen LogP contribution in [-0.2, 0) is 5.54 Å². The maximum atomic E-state index is 10.3. The van der Waals surface area contributed by atoms with E-state index < -0.39 is 5.60 Å². The van der Waals surface area contributed by atoms with E-state index in [0.717, 1.165) is 18.8 Å². The molecule has 1 aliphatic carbocycles. The van der Waals surface area contributed by atoms with Crippen molar-refractivity contribution in [3.8, 4) is 0 Å². The van der Waals surface area contributed by atoms with E-state index in [9.17, 15) is 5.11 Å². The summed E-state index contributed by atoms with van der Waals surface area (Å²) in [7, 11) is 0. The number of likely N-dealkylation sites (tertiary alicyclic amines) is 1. The average Bonchev–Trinajstić information content (AvgIpc) is 3.13. The smallest absolute Gasteiger partial charge is 0.0620 e. The second-order valence-electron chi connectivity index (χ2n) is 11.8. The molecule has 2 aliphatic rings. The molecule has 166 valence electrons. The molecule has 1 aromatic rings. The predicted molar refractivity (Wildman–Crippen MR) is 121 cm³/mol. The van der Waals surface area contributed by atoms with E-state index in [1.54, 1.807) is 0 Å². The average molecular weight is 404 g/mol. The zero-order chi connectivity index (χ0) is 21.4. The summed E-state index contributed by atoms with van der Waals surface area (Å²) in [6, 6.07) is 0. The summed E-state index contributed by atoms with van der Waals surface area (Å²) in [5, 5.41) is 15.0. The quantitative estimate of drug-likeness (QED) is 0.689. The lowest BCUT2D eigenvalue weighted by molar-refractivity contribution is -0.0228. The van der Waals surface area contributed by atoms with Crippen LogP contribution in [0.3, 0.4) is 0 Å². The molecule has 0 radical (unpaired) electrons. The Morgan fingerprint density at radius 2 is 1.66 bits per heavy atom. The Morgan fingerprint density at radius 3 is 2.17 bits per heavy atom. The normalized spacial score (nSPS) is 28.2. The lowest BCUT2D eigenvalue weighted by Crippen LogP contribution is -2.48. The van der Waals surface area contributed by atoms with Crippen LogP contribution in [0.15, 0.2) is 12.4 Å². The largest absolute Gasteiger partial charge is 0.390 e. The van der Waals surface area contributed by atoms with Crippen molar-refractivity contribution in [2.45, 2.75) is 104 Å². The van der Waals surface area contributed by atoms with Crippen molar-refractivity contribution in [1.82, 2.24) is 14.7 Å². The molecule has 2 heterocycles. The fourth-order valence-corrected chi connectivity index (χ4v) is 5.66. The zero-order valence-electron chi connectivity index (χ0n) is 20.0. The fourth-order valence-electron chi connectivity index (χ4n) is 5.66. The minimum absolute atomic E-state index is 0.0731. The van der Waals surface area contributed by atoms with Gasteiger partial charge in [0.1, 0.15) is 0 Å². The first-order chi connectivity index (χ1) is 13.4. The molecule has 0 atom stereocenters. The summed E-state index contributed by atoms with van der Waals surface area (Å²) in [5.74, 6) is 1.94. The van der Waals surface area contributed by atoms with Gasteiger partial charge in [-0.1, -0.05) is 27.7 Å². The van der Waals surface area contributed by atoms with Crippen molar-refractivity contribution in [1.29, 1.82) is 0 Å². The molecule has 1 saturated heterocycles. The molecule has 2 fully saturated rings. The van der Waals surface area contributed by atoms with E-state index in [0.29, 0.717) is 17.3 Å². The van der Waals surface area contributed by atoms with Gasteiger partial charge >= 0.3 is 0 Å². The Kier molecular flexibility index (Phi) is 6.56. The molecule has 1 N–H and O–H groups in total. The van der Waals surface area contributed by atoms with Gasteiger partial charge in [-0.3, -0.25) is 4.68 Å². The summed E-state index contributed by atoms with van der Waals surface area (Å²) in [4.78, 5) is 2.70. The topological polar surface area (TPSA) is 41.3 Å². The second kappa shape index (κ2) is 8.34. The van der Waals surface area contributed by atoms with Crippen molar-refractivity contribution < 1.29 is 5.11 Å².